The van der Waals surface area contributed by atoms with E-state index in [0.717, 1.165) is 19.3 Å². The molecule has 46 heavy (non-hydrogen) atoms. The van der Waals surface area contributed by atoms with Crippen LogP contribution < -0.4 is 19.7 Å². The van der Waals surface area contributed by atoms with Gasteiger partial charge in [0.2, 0.25) is 5.88 Å². The Kier molecular flexibility index (Phi) is 7.97. The van der Waals surface area contributed by atoms with Gasteiger partial charge in [0.05, 0.1) is 10.3 Å². The number of nitrogens with zero attached hydrogens (tertiary/aromatic N) is 5. The molecule has 2 fully saturated rings. The second-order valence-corrected chi connectivity index (χ2v) is 19.0. The van der Waals surface area contributed by atoms with Gasteiger partial charge in [-0.2, -0.15) is 31.6 Å². The van der Waals surface area contributed by atoms with Gasteiger partial charge < -0.3 is 15.0 Å². The van der Waals surface area contributed by atoms with Gasteiger partial charge in [-0.1, -0.05) is 6.07 Å². The Hall–Kier alpha value is -3.53. The van der Waals surface area contributed by atoms with Crippen molar-refractivity contribution >= 4 is 37.6 Å². The Morgan fingerprint density at radius 3 is 2.59 bits per heavy atom. The molecule has 0 unspecified atom stereocenters. The lowest BCUT2D eigenvalue weighted by molar-refractivity contribution is -0.136. The number of ether oxygens (including phenoxy) is 1. The summed E-state index contributed by atoms with van der Waals surface area (Å²) in [6.07, 6.45) is 3.38. The van der Waals surface area contributed by atoms with E-state index in [1.165, 1.54) is 22.9 Å². The zero-order chi connectivity index (χ0) is 33.1. The molecule has 11 nitrogen and oxygen atoms in total. The van der Waals surface area contributed by atoms with Crippen LogP contribution in [0, 0.1) is 5.92 Å². The second kappa shape index (κ2) is 11.3. The molecule has 6 rings (SSSR count). The molecule has 3 aliphatic rings. The average molecular weight is 682 g/mol. The maximum Gasteiger partial charge on any atom is 0.401 e. The van der Waals surface area contributed by atoms with Crippen molar-refractivity contribution in [3.8, 4) is 11.7 Å². The van der Waals surface area contributed by atoms with Crippen LogP contribution in [0.1, 0.15) is 56.3 Å². The summed E-state index contributed by atoms with van der Waals surface area (Å²) in [4.78, 5) is 24.7. The van der Waals surface area contributed by atoms with Gasteiger partial charge in [-0.15, -0.1) is 5.10 Å². The van der Waals surface area contributed by atoms with Crippen molar-refractivity contribution in [3.63, 3.8) is 0 Å². The number of rotatable bonds is 5. The van der Waals surface area contributed by atoms with Gasteiger partial charge in [-0.3, -0.25) is 4.79 Å². The second-order valence-electron chi connectivity index (χ2n) is 13.3. The summed E-state index contributed by atoms with van der Waals surface area (Å²) in [7, 11) is -6.48. The third-order valence-corrected chi connectivity index (χ3v) is 13.9. The minimum Gasteiger partial charge on any atom is -0.467 e. The van der Waals surface area contributed by atoms with E-state index >= 15 is 0 Å². The molecule has 1 atom stereocenters. The Balaban J connectivity index is 1.31. The van der Waals surface area contributed by atoms with Gasteiger partial charge in [-0.05, 0) is 88.6 Å². The molecule has 5 heterocycles. The predicted molar refractivity (Wildman–Crippen MR) is 170 cm³/mol. The molecule has 1 saturated carbocycles. The average Bonchev–Trinajstić information content (AvgIpc) is 3.61. The first-order chi connectivity index (χ1) is 21.5. The number of hydrogen-bond acceptors (Lipinski definition) is 9. The van der Waals surface area contributed by atoms with Crippen molar-refractivity contribution < 1.29 is 31.1 Å². The quantitative estimate of drug-likeness (QED) is 0.378. The van der Waals surface area contributed by atoms with E-state index in [0.29, 0.717) is 36.5 Å². The number of alkyl halides is 3. The van der Waals surface area contributed by atoms with Crippen LogP contribution in [0.5, 0.6) is 5.88 Å². The van der Waals surface area contributed by atoms with Gasteiger partial charge in [-0.25, -0.2) is 19.4 Å². The van der Waals surface area contributed by atoms with E-state index in [1.54, 1.807) is 36.9 Å². The highest BCUT2D eigenvalue weighted by atomic mass is 32.3. The molecule has 1 aliphatic carbocycles. The SMILES string of the molecule is CC1(C)C[C@H]2CCCNc3cccc(n3)S(=O)(=O)NC(=O)c3ccc(-n4ccc(OCS(C)(C)C5(C(F)(F)F)CC5)n4)nc3N1C2. The fourth-order valence-corrected chi connectivity index (χ4v) is 9.91. The lowest BCUT2D eigenvalue weighted by Crippen LogP contribution is -2.41. The largest absolute Gasteiger partial charge is 0.467 e. The van der Waals surface area contributed by atoms with Gasteiger partial charge in [0, 0.05) is 30.9 Å². The summed E-state index contributed by atoms with van der Waals surface area (Å²) in [5.74, 6) is 0.560. The zero-order valence-corrected chi connectivity index (χ0v) is 27.7. The highest BCUT2D eigenvalue weighted by molar-refractivity contribution is 8.33. The minimum absolute atomic E-state index is 0.0704. The number of pyridine rings is 2. The fraction of sp³-hybridized carbons (Fsp3) is 0.533. The van der Waals surface area contributed by atoms with Crippen LogP contribution >= 0.6 is 10.0 Å². The Morgan fingerprint density at radius 1 is 1.11 bits per heavy atom. The molecule has 3 aromatic heterocycles. The highest BCUT2D eigenvalue weighted by Gasteiger charge is 2.69. The molecule has 2 N–H and O–H groups in total. The normalized spacial score (nSPS) is 22.5. The van der Waals surface area contributed by atoms with Crippen LogP contribution in [-0.2, 0) is 10.0 Å². The van der Waals surface area contributed by atoms with Crippen molar-refractivity contribution in [2.24, 2.45) is 5.92 Å². The lowest BCUT2D eigenvalue weighted by Gasteiger charge is -2.40. The number of carbonyl (C=O) groups excluding carboxylic acids is 1. The molecule has 3 aromatic rings. The van der Waals surface area contributed by atoms with Gasteiger partial charge in [0.25, 0.3) is 15.9 Å². The van der Waals surface area contributed by atoms with Crippen LogP contribution in [0.3, 0.4) is 0 Å². The zero-order valence-electron chi connectivity index (χ0n) is 26.1. The number of halogens is 3. The molecule has 2 aliphatic heterocycles. The molecule has 0 radical (unpaired) electrons. The fourth-order valence-electron chi connectivity index (χ4n) is 6.50. The van der Waals surface area contributed by atoms with Crippen LogP contribution in [0.2, 0.25) is 0 Å². The van der Waals surface area contributed by atoms with Crippen LogP contribution in [0.15, 0.2) is 47.6 Å². The smallest absolute Gasteiger partial charge is 0.401 e. The van der Waals surface area contributed by atoms with Crippen LogP contribution in [0.4, 0.5) is 24.8 Å². The number of carbonyl (C=O) groups is 1. The predicted octanol–water partition coefficient (Wildman–Crippen LogP) is 5.09. The van der Waals surface area contributed by atoms with Crippen molar-refractivity contribution in [1.82, 2.24) is 24.5 Å². The molecular formula is C30H38F3N7O4S2. The van der Waals surface area contributed by atoms with E-state index in [4.69, 9.17) is 9.72 Å². The summed E-state index contributed by atoms with van der Waals surface area (Å²) >= 11 is 0. The maximum atomic E-state index is 13.8. The van der Waals surface area contributed by atoms with E-state index in [1.807, 2.05) is 4.90 Å². The molecule has 1 amide bonds. The monoisotopic (exact) mass is 681 g/mol. The molecule has 16 heteroatoms. The van der Waals surface area contributed by atoms with Crippen LogP contribution in [0.25, 0.3) is 5.82 Å². The third kappa shape index (κ3) is 6.00. The van der Waals surface area contributed by atoms with E-state index < -0.39 is 42.4 Å². The van der Waals surface area contributed by atoms with E-state index in [9.17, 15) is 26.4 Å². The first-order valence-electron chi connectivity index (χ1n) is 15.0. The highest BCUT2D eigenvalue weighted by Crippen LogP contribution is 2.72. The Labute approximate surface area is 267 Å². The molecule has 4 bridgehead atoms. The summed E-state index contributed by atoms with van der Waals surface area (Å²) < 4.78 is 75.5. The standard InChI is InChI=1S/C30H38F3N7O4S2/c1-28(2)17-20-7-6-15-34-22-8-5-9-25(35-22)46(42,43)38-27(41)21-10-11-23(36-26(21)39(28)18-20)40-16-12-24(37-40)44-19-45(3,4)29(13-14-29)30(31,32)33/h5,8-12,16,20H,6-7,13-15,17-19H2,1-4H3,(H,34,35)(H,38,41)/t20-/m1/s1. The summed E-state index contributed by atoms with van der Waals surface area (Å²) in [6.45, 7) is 5.34. The maximum absolute atomic E-state index is 13.8. The number of anilines is 2. The molecule has 0 aromatic carbocycles. The van der Waals surface area contributed by atoms with Crippen molar-refractivity contribution in [1.29, 1.82) is 0 Å². The van der Waals surface area contributed by atoms with Crippen LogP contribution in [-0.4, -0.2) is 82.1 Å². The minimum atomic E-state index is -4.31. The number of hydrogen-bond donors (Lipinski definition) is 2. The third-order valence-electron chi connectivity index (χ3n) is 9.22. The summed E-state index contributed by atoms with van der Waals surface area (Å²) in [6, 6.07) is 9.17. The van der Waals surface area contributed by atoms with E-state index in [2.05, 4.69) is 34.0 Å². The first kappa shape index (κ1) is 32.4. The topological polar surface area (TPSA) is 131 Å². The number of amides is 1. The number of sulfonamides is 1. The molecule has 250 valence electrons. The number of nitrogens with one attached hydrogen (secondary N) is 2. The van der Waals surface area contributed by atoms with Gasteiger partial charge in [0.1, 0.15) is 17.6 Å². The van der Waals surface area contributed by atoms with E-state index in [-0.39, 0.29) is 35.2 Å². The summed E-state index contributed by atoms with van der Waals surface area (Å²) in [5.41, 5.74) is -0.328. The molecule has 0 spiro atoms. The first-order valence-corrected chi connectivity index (χ1v) is 19.1. The Morgan fingerprint density at radius 2 is 1.87 bits per heavy atom. The molecular weight excluding hydrogens is 644 g/mol. The Bertz CT molecular complexity index is 1760. The molecule has 1 saturated heterocycles. The van der Waals surface area contributed by atoms with Crippen molar-refractivity contribution in [2.75, 3.05) is 41.8 Å². The lowest BCUT2D eigenvalue weighted by atomic mass is 9.93. The van der Waals surface area contributed by atoms with Gasteiger partial charge in [0.15, 0.2) is 10.8 Å². The van der Waals surface area contributed by atoms with Gasteiger partial charge >= 0.3 is 6.18 Å². The summed E-state index contributed by atoms with van der Waals surface area (Å²) in [5, 5.41) is 7.31. The number of fused-ring (bicyclic) bond motifs is 6. The van der Waals surface area contributed by atoms with Crippen molar-refractivity contribution in [2.45, 2.75) is 67.4 Å². The number of aromatic nitrogens is 4. The van der Waals surface area contributed by atoms with Crippen molar-refractivity contribution in [3.05, 3.63) is 48.2 Å².